The Morgan fingerprint density at radius 2 is 2.21 bits per heavy atom. The normalized spacial score (nSPS) is 16.9. The Labute approximate surface area is 152 Å². The molecule has 1 atom stereocenters. The zero-order valence-corrected chi connectivity index (χ0v) is 15.5. The lowest BCUT2D eigenvalue weighted by molar-refractivity contribution is -0.119. The smallest absolute Gasteiger partial charge is 0.264 e. The van der Waals surface area contributed by atoms with Crippen molar-refractivity contribution >= 4 is 44.8 Å². The van der Waals surface area contributed by atoms with Crippen LogP contribution < -0.4 is 10.1 Å². The van der Waals surface area contributed by atoms with Crippen molar-refractivity contribution in [3.8, 4) is 5.75 Å². The number of benzene rings is 1. The molecule has 1 saturated heterocycles. The van der Waals surface area contributed by atoms with Crippen molar-refractivity contribution in [2.24, 2.45) is 0 Å². The highest BCUT2D eigenvalue weighted by Crippen LogP contribution is 2.29. The van der Waals surface area contributed by atoms with Gasteiger partial charge in [-0.15, -0.1) is 11.3 Å². The molecule has 0 radical (unpaired) electrons. The number of anilines is 1. The predicted molar refractivity (Wildman–Crippen MR) is 97.7 cm³/mol. The van der Waals surface area contributed by atoms with Crippen LogP contribution in [0.4, 0.5) is 5.69 Å². The van der Waals surface area contributed by atoms with Crippen molar-refractivity contribution in [3.63, 3.8) is 0 Å². The van der Waals surface area contributed by atoms with Crippen LogP contribution >= 0.6 is 27.3 Å². The lowest BCUT2D eigenvalue weighted by Gasteiger charge is -2.23. The molecule has 7 heteroatoms. The van der Waals surface area contributed by atoms with Crippen molar-refractivity contribution in [3.05, 3.63) is 45.1 Å². The van der Waals surface area contributed by atoms with Crippen molar-refractivity contribution in [2.45, 2.75) is 18.9 Å². The standard InChI is InChI=1S/C17H17BrN2O3S/c1-23-14-7-6-11(18)10-12(14)19-16(21)13-4-2-8-20(13)17(22)15-5-3-9-24-15/h3,5-7,9-10,13H,2,4,8H2,1H3,(H,19,21)/t13-/m0/s1. The van der Waals surface area contributed by atoms with Crippen LogP contribution in [-0.4, -0.2) is 36.4 Å². The number of ether oxygens (including phenoxy) is 1. The first-order chi connectivity index (χ1) is 11.6. The van der Waals surface area contributed by atoms with Crippen molar-refractivity contribution < 1.29 is 14.3 Å². The minimum atomic E-state index is -0.455. The molecule has 1 aliphatic heterocycles. The van der Waals surface area contributed by atoms with Gasteiger partial charge in [-0.1, -0.05) is 22.0 Å². The monoisotopic (exact) mass is 408 g/mol. The summed E-state index contributed by atoms with van der Waals surface area (Å²) in [5.41, 5.74) is 0.590. The quantitative estimate of drug-likeness (QED) is 0.837. The van der Waals surface area contributed by atoms with Gasteiger partial charge in [-0.05, 0) is 42.5 Å². The van der Waals surface area contributed by atoms with Crippen molar-refractivity contribution in [2.75, 3.05) is 19.0 Å². The van der Waals surface area contributed by atoms with Crippen LogP contribution in [-0.2, 0) is 4.79 Å². The maximum atomic E-state index is 12.7. The van der Waals surface area contributed by atoms with Crippen LogP contribution in [0.2, 0.25) is 0 Å². The second-order valence-corrected chi connectivity index (χ2v) is 7.33. The first kappa shape index (κ1) is 17.0. The molecule has 0 unspecified atom stereocenters. The molecule has 1 N–H and O–H groups in total. The van der Waals surface area contributed by atoms with E-state index in [1.165, 1.54) is 11.3 Å². The highest BCUT2D eigenvalue weighted by Gasteiger charge is 2.35. The van der Waals surface area contributed by atoms with E-state index in [9.17, 15) is 9.59 Å². The first-order valence-corrected chi connectivity index (χ1v) is 9.26. The Morgan fingerprint density at radius 3 is 2.92 bits per heavy atom. The van der Waals surface area contributed by atoms with E-state index in [0.717, 1.165) is 10.9 Å². The van der Waals surface area contributed by atoms with E-state index < -0.39 is 6.04 Å². The second-order valence-electron chi connectivity index (χ2n) is 5.47. The number of halogens is 1. The van der Waals surface area contributed by atoms with Gasteiger partial charge in [0.1, 0.15) is 11.8 Å². The van der Waals surface area contributed by atoms with E-state index in [4.69, 9.17) is 4.74 Å². The van der Waals surface area contributed by atoms with Crippen molar-refractivity contribution in [1.29, 1.82) is 0 Å². The fraction of sp³-hybridized carbons (Fsp3) is 0.294. The summed E-state index contributed by atoms with van der Waals surface area (Å²) in [7, 11) is 1.56. The van der Waals surface area contributed by atoms with E-state index in [-0.39, 0.29) is 11.8 Å². The van der Waals surface area contributed by atoms with E-state index in [0.29, 0.717) is 29.3 Å². The summed E-state index contributed by atoms with van der Waals surface area (Å²) in [6.45, 7) is 0.602. The van der Waals surface area contributed by atoms with E-state index in [1.807, 2.05) is 17.5 Å². The van der Waals surface area contributed by atoms with Crippen LogP contribution in [0.5, 0.6) is 5.75 Å². The van der Waals surface area contributed by atoms with Gasteiger partial charge in [0, 0.05) is 11.0 Å². The number of nitrogens with one attached hydrogen (secondary N) is 1. The lowest BCUT2D eigenvalue weighted by atomic mass is 10.2. The summed E-state index contributed by atoms with van der Waals surface area (Å²) in [6.07, 6.45) is 1.49. The van der Waals surface area contributed by atoms with Crippen LogP contribution in [0.1, 0.15) is 22.5 Å². The molecule has 24 heavy (non-hydrogen) atoms. The largest absolute Gasteiger partial charge is 0.495 e. The molecule has 1 aromatic heterocycles. The highest BCUT2D eigenvalue weighted by molar-refractivity contribution is 9.10. The Kier molecular flexibility index (Phi) is 5.20. The van der Waals surface area contributed by atoms with Crippen LogP contribution in [0.25, 0.3) is 0 Å². The van der Waals surface area contributed by atoms with Gasteiger partial charge in [0.2, 0.25) is 5.91 Å². The summed E-state index contributed by atoms with van der Waals surface area (Å²) in [4.78, 5) is 27.6. The Hall–Kier alpha value is -1.86. The number of thiophene rings is 1. The average Bonchev–Trinajstić information content (AvgIpc) is 3.26. The maximum Gasteiger partial charge on any atom is 0.264 e. The topological polar surface area (TPSA) is 58.6 Å². The summed E-state index contributed by atoms with van der Waals surface area (Å²) in [5.74, 6) is 0.318. The van der Waals surface area contributed by atoms with Crippen LogP contribution in [0.15, 0.2) is 40.2 Å². The minimum Gasteiger partial charge on any atom is -0.495 e. The van der Waals surface area contributed by atoms with Gasteiger partial charge in [0.05, 0.1) is 17.7 Å². The molecule has 126 valence electrons. The van der Waals surface area contributed by atoms with E-state index in [1.54, 1.807) is 30.2 Å². The number of methoxy groups -OCH3 is 1. The Bertz CT molecular complexity index is 748. The zero-order chi connectivity index (χ0) is 17.1. The summed E-state index contributed by atoms with van der Waals surface area (Å²) in [5, 5.41) is 4.76. The number of rotatable bonds is 4. The molecule has 3 rings (SSSR count). The third-order valence-electron chi connectivity index (χ3n) is 3.97. The Morgan fingerprint density at radius 1 is 1.38 bits per heavy atom. The highest BCUT2D eigenvalue weighted by atomic mass is 79.9. The third kappa shape index (κ3) is 3.47. The molecule has 0 aliphatic carbocycles. The number of carbonyl (C=O) groups excluding carboxylic acids is 2. The molecule has 0 bridgehead atoms. The van der Waals surface area contributed by atoms with Gasteiger partial charge in [0.25, 0.3) is 5.91 Å². The summed E-state index contributed by atoms with van der Waals surface area (Å²) >= 11 is 4.78. The first-order valence-electron chi connectivity index (χ1n) is 7.59. The Balaban J connectivity index is 1.77. The van der Waals surface area contributed by atoms with Crippen LogP contribution in [0, 0.1) is 0 Å². The van der Waals surface area contributed by atoms with Crippen molar-refractivity contribution in [1.82, 2.24) is 4.90 Å². The van der Waals surface area contributed by atoms with Gasteiger partial charge in [-0.2, -0.15) is 0 Å². The molecule has 2 amide bonds. The van der Waals surface area contributed by atoms with E-state index in [2.05, 4.69) is 21.2 Å². The minimum absolute atomic E-state index is 0.0798. The summed E-state index contributed by atoms with van der Waals surface area (Å²) in [6, 6.07) is 8.59. The van der Waals surface area contributed by atoms with E-state index >= 15 is 0 Å². The number of amides is 2. The molecular formula is C17H17BrN2O3S. The fourth-order valence-electron chi connectivity index (χ4n) is 2.82. The average molecular weight is 409 g/mol. The maximum absolute atomic E-state index is 12.7. The number of carbonyl (C=O) groups is 2. The van der Waals surface area contributed by atoms with Gasteiger partial charge >= 0.3 is 0 Å². The number of hydrogen-bond donors (Lipinski definition) is 1. The zero-order valence-electron chi connectivity index (χ0n) is 13.1. The fourth-order valence-corrected chi connectivity index (χ4v) is 3.86. The van der Waals surface area contributed by atoms with Gasteiger partial charge < -0.3 is 15.0 Å². The SMILES string of the molecule is COc1ccc(Br)cc1NC(=O)[C@@H]1CCCN1C(=O)c1cccs1. The molecule has 0 spiro atoms. The molecule has 1 aromatic carbocycles. The van der Waals surface area contributed by atoms with Crippen LogP contribution in [0.3, 0.4) is 0 Å². The number of likely N-dealkylation sites (tertiary alicyclic amines) is 1. The number of nitrogens with zero attached hydrogens (tertiary/aromatic N) is 1. The molecule has 1 aliphatic rings. The molecule has 2 aromatic rings. The van der Waals surface area contributed by atoms with Gasteiger partial charge in [-0.25, -0.2) is 0 Å². The molecule has 5 nitrogen and oxygen atoms in total. The molecule has 2 heterocycles. The predicted octanol–water partition coefficient (Wildman–Crippen LogP) is 3.76. The molecular weight excluding hydrogens is 392 g/mol. The molecule has 0 saturated carbocycles. The third-order valence-corrected chi connectivity index (χ3v) is 5.32. The van der Waals surface area contributed by atoms with Gasteiger partial charge in [-0.3, -0.25) is 9.59 Å². The number of hydrogen-bond acceptors (Lipinski definition) is 4. The second kappa shape index (κ2) is 7.36. The molecule has 1 fully saturated rings. The lowest BCUT2D eigenvalue weighted by Crippen LogP contribution is -2.43. The summed E-state index contributed by atoms with van der Waals surface area (Å²) < 4.78 is 6.13. The van der Waals surface area contributed by atoms with Gasteiger partial charge in [0.15, 0.2) is 0 Å².